The molecule has 1 fully saturated rings. The van der Waals surface area contributed by atoms with Crippen molar-refractivity contribution in [2.24, 2.45) is 7.05 Å². The maximum Gasteiger partial charge on any atom is 0.253 e. The van der Waals surface area contributed by atoms with Gasteiger partial charge in [-0.2, -0.15) is 5.10 Å². The van der Waals surface area contributed by atoms with Crippen molar-refractivity contribution in [2.45, 2.75) is 27.3 Å². The number of pyridine rings is 2. The molecule has 0 saturated carbocycles. The Hall–Kier alpha value is -4.24. The third-order valence-corrected chi connectivity index (χ3v) is 7.58. The smallest absolute Gasteiger partial charge is 0.253 e. The van der Waals surface area contributed by atoms with Crippen LogP contribution in [-0.4, -0.2) is 63.8 Å². The first kappa shape index (κ1) is 26.4. The maximum atomic E-state index is 13.5. The molecular weight excluding hydrogens is 490 g/mol. The van der Waals surface area contributed by atoms with Crippen molar-refractivity contribution < 1.29 is 4.79 Å². The topological polar surface area (TPSA) is 99.2 Å². The van der Waals surface area contributed by atoms with Crippen molar-refractivity contribution in [3.63, 3.8) is 0 Å². The van der Waals surface area contributed by atoms with E-state index in [1.165, 1.54) is 0 Å². The van der Waals surface area contributed by atoms with Crippen molar-refractivity contribution in [2.75, 3.05) is 38.1 Å². The van der Waals surface area contributed by atoms with Crippen LogP contribution >= 0.6 is 0 Å². The summed E-state index contributed by atoms with van der Waals surface area (Å²) in [7, 11) is 4.03. The molecule has 0 radical (unpaired) electrons. The molecule has 9 heteroatoms. The van der Waals surface area contributed by atoms with Crippen molar-refractivity contribution in [1.29, 1.82) is 0 Å². The molecular formula is C30H35N7O2. The van der Waals surface area contributed by atoms with Gasteiger partial charge in [-0.25, -0.2) is 4.98 Å². The Kier molecular flexibility index (Phi) is 7.34. The number of likely N-dealkylation sites (N-methyl/N-ethyl adjacent to an activating group) is 1. The summed E-state index contributed by atoms with van der Waals surface area (Å²) in [6, 6.07) is 12.0. The molecule has 1 aromatic carbocycles. The lowest BCUT2D eigenvalue weighted by molar-refractivity contribution is 0.0950. The third-order valence-electron chi connectivity index (χ3n) is 7.58. The molecule has 9 nitrogen and oxygen atoms in total. The van der Waals surface area contributed by atoms with Crippen molar-refractivity contribution in [3.05, 3.63) is 87.1 Å². The van der Waals surface area contributed by atoms with Gasteiger partial charge in [0, 0.05) is 80.1 Å². The number of benzene rings is 1. The third kappa shape index (κ3) is 5.49. The predicted octanol–water partition coefficient (Wildman–Crippen LogP) is 3.44. The summed E-state index contributed by atoms with van der Waals surface area (Å²) in [4.78, 5) is 38.2. The van der Waals surface area contributed by atoms with E-state index in [9.17, 15) is 9.59 Å². The second-order valence-corrected chi connectivity index (χ2v) is 10.4. The van der Waals surface area contributed by atoms with E-state index in [1.807, 2.05) is 52.2 Å². The highest BCUT2D eigenvalue weighted by Gasteiger charge is 2.19. The minimum absolute atomic E-state index is 0.145. The van der Waals surface area contributed by atoms with Crippen LogP contribution in [0.5, 0.6) is 0 Å². The Morgan fingerprint density at radius 3 is 2.41 bits per heavy atom. The first-order valence-corrected chi connectivity index (χ1v) is 13.2. The number of amides is 1. The van der Waals surface area contributed by atoms with Gasteiger partial charge in [-0.05, 0) is 80.9 Å². The normalized spacial score (nSPS) is 14.0. The van der Waals surface area contributed by atoms with Gasteiger partial charge in [0.05, 0.1) is 5.69 Å². The molecule has 0 aliphatic carbocycles. The number of aryl methyl sites for hydroxylation is 3. The van der Waals surface area contributed by atoms with Gasteiger partial charge in [0.15, 0.2) is 0 Å². The number of hydrogen-bond acceptors (Lipinski definition) is 6. The lowest BCUT2D eigenvalue weighted by atomic mass is 9.93. The minimum atomic E-state index is -0.237. The lowest BCUT2D eigenvalue weighted by Crippen LogP contribution is -2.44. The van der Waals surface area contributed by atoms with E-state index in [-0.39, 0.29) is 18.0 Å². The van der Waals surface area contributed by atoms with Crippen LogP contribution in [0.1, 0.15) is 32.7 Å². The van der Waals surface area contributed by atoms with E-state index in [4.69, 9.17) is 4.98 Å². The van der Waals surface area contributed by atoms with Crippen molar-refractivity contribution in [3.8, 4) is 22.4 Å². The number of aromatic amines is 1. The van der Waals surface area contributed by atoms with Gasteiger partial charge in [-0.1, -0.05) is 0 Å². The Balaban J connectivity index is 1.48. The number of H-pyrrole nitrogens is 1. The van der Waals surface area contributed by atoms with Gasteiger partial charge in [0.25, 0.3) is 11.5 Å². The van der Waals surface area contributed by atoms with E-state index < -0.39 is 0 Å². The van der Waals surface area contributed by atoms with Crippen LogP contribution in [-0.2, 0) is 13.6 Å². The van der Waals surface area contributed by atoms with Crippen LogP contribution < -0.4 is 15.8 Å². The molecule has 4 aromatic rings. The molecule has 1 saturated heterocycles. The molecule has 0 unspecified atom stereocenters. The number of aromatic nitrogens is 4. The summed E-state index contributed by atoms with van der Waals surface area (Å²) in [6.45, 7) is 9.75. The zero-order valence-corrected chi connectivity index (χ0v) is 23.2. The maximum absolute atomic E-state index is 13.5. The quantitative estimate of drug-likeness (QED) is 0.400. The molecule has 3 aromatic heterocycles. The van der Waals surface area contributed by atoms with E-state index in [0.717, 1.165) is 71.2 Å². The number of carbonyl (C=O) groups excluding carboxylic acids is 1. The van der Waals surface area contributed by atoms with Gasteiger partial charge in [0.2, 0.25) is 0 Å². The number of anilines is 1. The fraction of sp³-hybridized carbons (Fsp3) is 0.333. The van der Waals surface area contributed by atoms with E-state index in [2.05, 4.69) is 50.4 Å². The molecule has 0 spiro atoms. The van der Waals surface area contributed by atoms with Crippen LogP contribution in [0.2, 0.25) is 0 Å². The summed E-state index contributed by atoms with van der Waals surface area (Å²) in [5.41, 5.74) is 7.07. The standard InChI is InChI=1S/C30H35N7O2/c1-19-14-20(2)34-30(39)26(19)18-32-29(38)25-16-23(15-24(21(25)3)27-8-9-33-36(27)5)22-6-7-28(31-17-22)37-12-10-35(4)11-13-37/h6-9,14-17H,10-13,18H2,1-5H3,(H,32,38)(H,34,39). The lowest BCUT2D eigenvalue weighted by Gasteiger charge is -2.33. The Labute approximate surface area is 228 Å². The largest absolute Gasteiger partial charge is 0.354 e. The second-order valence-electron chi connectivity index (χ2n) is 10.4. The SMILES string of the molecule is Cc1cc(C)c(CNC(=O)c2cc(-c3ccc(N4CCN(C)CC4)nc3)cc(-c3ccnn3C)c2C)c(=O)[nH]1. The van der Waals surface area contributed by atoms with E-state index >= 15 is 0 Å². The Morgan fingerprint density at radius 1 is 1.00 bits per heavy atom. The fourth-order valence-electron chi connectivity index (χ4n) is 5.17. The Morgan fingerprint density at radius 2 is 1.77 bits per heavy atom. The number of piperazine rings is 1. The molecule has 1 amide bonds. The molecule has 1 aliphatic heterocycles. The molecule has 0 bridgehead atoms. The molecule has 4 heterocycles. The van der Waals surface area contributed by atoms with Crippen LogP contribution in [0.4, 0.5) is 5.82 Å². The van der Waals surface area contributed by atoms with Crippen LogP contribution in [0.25, 0.3) is 22.4 Å². The minimum Gasteiger partial charge on any atom is -0.354 e. The number of carbonyl (C=O) groups is 1. The Bertz CT molecular complexity index is 1560. The highest BCUT2D eigenvalue weighted by atomic mass is 16.1. The first-order valence-electron chi connectivity index (χ1n) is 13.2. The van der Waals surface area contributed by atoms with Gasteiger partial charge < -0.3 is 20.1 Å². The highest BCUT2D eigenvalue weighted by molar-refractivity contribution is 5.99. The first-order chi connectivity index (χ1) is 18.7. The van der Waals surface area contributed by atoms with E-state index in [1.54, 1.807) is 10.9 Å². The number of nitrogens with zero attached hydrogens (tertiary/aromatic N) is 5. The summed E-state index contributed by atoms with van der Waals surface area (Å²) >= 11 is 0. The highest BCUT2D eigenvalue weighted by Crippen LogP contribution is 2.32. The fourth-order valence-corrected chi connectivity index (χ4v) is 5.17. The van der Waals surface area contributed by atoms with Crippen molar-refractivity contribution >= 4 is 11.7 Å². The van der Waals surface area contributed by atoms with Gasteiger partial charge >= 0.3 is 0 Å². The molecule has 2 N–H and O–H groups in total. The average molecular weight is 526 g/mol. The van der Waals surface area contributed by atoms with Gasteiger partial charge in [-0.3, -0.25) is 14.3 Å². The zero-order chi connectivity index (χ0) is 27.7. The molecule has 5 rings (SSSR count). The number of hydrogen-bond donors (Lipinski definition) is 2. The zero-order valence-electron chi connectivity index (χ0n) is 23.2. The van der Waals surface area contributed by atoms with E-state index in [0.29, 0.717) is 11.1 Å². The van der Waals surface area contributed by atoms with Gasteiger partial charge in [0.1, 0.15) is 5.82 Å². The van der Waals surface area contributed by atoms with Crippen molar-refractivity contribution in [1.82, 2.24) is 30.0 Å². The predicted molar refractivity (Wildman–Crippen MR) is 154 cm³/mol. The number of rotatable bonds is 6. The molecule has 0 atom stereocenters. The summed E-state index contributed by atoms with van der Waals surface area (Å²) in [5, 5.41) is 7.31. The van der Waals surface area contributed by atoms with Crippen LogP contribution in [0.15, 0.2) is 53.6 Å². The van der Waals surface area contributed by atoms with Gasteiger partial charge in [-0.15, -0.1) is 0 Å². The molecule has 202 valence electrons. The van der Waals surface area contributed by atoms with Crippen LogP contribution in [0, 0.1) is 20.8 Å². The molecule has 39 heavy (non-hydrogen) atoms. The average Bonchev–Trinajstić information content (AvgIpc) is 3.34. The number of nitrogens with one attached hydrogen (secondary N) is 2. The molecule has 1 aliphatic rings. The summed E-state index contributed by atoms with van der Waals surface area (Å²) < 4.78 is 1.80. The summed E-state index contributed by atoms with van der Waals surface area (Å²) in [5.74, 6) is 0.724. The monoisotopic (exact) mass is 525 g/mol. The van der Waals surface area contributed by atoms with Crippen LogP contribution in [0.3, 0.4) is 0 Å². The summed E-state index contributed by atoms with van der Waals surface area (Å²) in [6.07, 6.45) is 3.63. The second kappa shape index (κ2) is 10.9.